The van der Waals surface area contributed by atoms with Crippen molar-refractivity contribution in [2.45, 2.75) is 58.5 Å². The van der Waals surface area contributed by atoms with E-state index in [1.165, 1.54) is 0 Å². The van der Waals surface area contributed by atoms with Gasteiger partial charge in [0.1, 0.15) is 5.75 Å². The molecular weight excluding hydrogens is 410 g/mol. The van der Waals surface area contributed by atoms with Gasteiger partial charge in [0.05, 0.1) is 37.3 Å². The number of rotatable bonds is 6. The number of aromatic hydroxyl groups is 1. The molecule has 0 bridgehead atoms. The molecule has 0 unspecified atom stereocenters. The van der Waals surface area contributed by atoms with Gasteiger partial charge in [-0.2, -0.15) is 0 Å². The number of aryl methyl sites for hydroxylation is 1. The van der Waals surface area contributed by atoms with Gasteiger partial charge in [0.15, 0.2) is 0 Å². The average Bonchev–Trinajstić information content (AvgIpc) is 3.22. The van der Waals surface area contributed by atoms with Crippen molar-refractivity contribution in [3.05, 3.63) is 41.7 Å². The smallest absolute Gasteiger partial charge is 0.222 e. The lowest BCUT2D eigenvalue weighted by atomic mass is 10.0. The number of aromatic nitrogens is 3. The summed E-state index contributed by atoms with van der Waals surface area (Å²) in [5.41, 5.74) is 2.00. The van der Waals surface area contributed by atoms with E-state index >= 15 is 0 Å². The third-order valence-corrected chi connectivity index (χ3v) is 6.02. The maximum Gasteiger partial charge on any atom is 0.222 e. The first-order valence-electron chi connectivity index (χ1n) is 11.2. The first kappa shape index (κ1) is 24.2. The van der Waals surface area contributed by atoms with Crippen molar-refractivity contribution in [1.29, 1.82) is 0 Å². The lowest BCUT2D eigenvalue weighted by molar-refractivity contribution is -0.136. The van der Waals surface area contributed by atoms with Crippen molar-refractivity contribution >= 4 is 5.91 Å². The van der Waals surface area contributed by atoms with E-state index in [9.17, 15) is 15.0 Å². The quantitative estimate of drug-likeness (QED) is 0.697. The Hall–Kier alpha value is -2.49. The van der Waals surface area contributed by atoms with Gasteiger partial charge in [0.2, 0.25) is 5.91 Å². The van der Waals surface area contributed by atoms with Crippen LogP contribution in [0.1, 0.15) is 37.9 Å². The number of hydrogen-bond acceptors (Lipinski definition) is 7. The standard InChI is InChI=1S/C23H35N5O4/c1-17-12-27(18(2)15-29)23(31)5-4-10-28-20(11-24-25-28)16-32-22(17)14-26(3)13-19-6-8-21(30)9-7-19/h6-9,11,17-18,22,29-30H,4-5,10,12-16H2,1-3H3/t17-,18+,22+/m1/s1. The van der Waals surface area contributed by atoms with Crippen molar-refractivity contribution in [2.24, 2.45) is 5.92 Å². The zero-order chi connectivity index (χ0) is 23.1. The molecule has 2 aromatic rings. The zero-order valence-corrected chi connectivity index (χ0v) is 19.2. The van der Waals surface area contributed by atoms with Gasteiger partial charge in [-0.1, -0.05) is 24.3 Å². The minimum Gasteiger partial charge on any atom is -0.508 e. The molecule has 0 spiro atoms. The van der Waals surface area contributed by atoms with E-state index in [1.54, 1.807) is 27.9 Å². The molecule has 0 saturated heterocycles. The van der Waals surface area contributed by atoms with Gasteiger partial charge >= 0.3 is 0 Å². The predicted molar refractivity (Wildman–Crippen MR) is 120 cm³/mol. The second-order valence-corrected chi connectivity index (χ2v) is 8.82. The van der Waals surface area contributed by atoms with Crippen LogP contribution in [-0.4, -0.2) is 79.8 Å². The molecule has 1 aromatic heterocycles. The molecule has 9 heteroatoms. The lowest BCUT2D eigenvalue weighted by Crippen LogP contribution is -2.47. The number of hydrogen-bond donors (Lipinski definition) is 2. The molecule has 3 atom stereocenters. The Morgan fingerprint density at radius 2 is 2.06 bits per heavy atom. The SMILES string of the molecule is C[C@@H]1CN([C@@H](C)CO)C(=O)CCCn2nncc2CO[C@H]1CN(C)Cc1ccc(O)cc1. The second-order valence-electron chi connectivity index (χ2n) is 8.82. The fraction of sp³-hybridized carbons (Fsp3) is 0.609. The molecule has 2 heterocycles. The van der Waals surface area contributed by atoms with Crippen LogP contribution < -0.4 is 0 Å². The highest BCUT2D eigenvalue weighted by Gasteiger charge is 2.28. The van der Waals surface area contributed by atoms with Gasteiger partial charge in [0, 0.05) is 38.5 Å². The molecule has 1 aliphatic rings. The number of phenolic OH excluding ortho intramolecular Hbond substituents is 1. The van der Waals surface area contributed by atoms with Crippen molar-refractivity contribution in [1.82, 2.24) is 24.8 Å². The minimum atomic E-state index is -0.245. The summed E-state index contributed by atoms with van der Waals surface area (Å²) in [4.78, 5) is 16.9. The lowest BCUT2D eigenvalue weighted by Gasteiger charge is -2.35. The molecule has 0 aliphatic carbocycles. The first-order chi connectivity index (χ1) is 15.4. The maximum absolute atomic E-state index is 12.9. The highest BCUT2D eigenvalue weighted by atomic mass is 16.5. The van der Waals surface area contributed by atoms with Crippen LogP contribution in [0.4, 0.5) is 0 Å². The number of benzene rings is 1. The van der Waals surface area contributed by atoms with E-state index in [1.807, 2.05) is 26.1 Å². The third-order valence-electron chi connectivity index (χ3n) is 6.02. The summed E-state index contributed by atoms with van der Waals surface area (Å²) in [6.45, 7) is 6.80. The summed E-state index contributed by atoms with van der Waals surface area (Å²) in [6, 6.07) is 6.94. The number of nitrogens with zero attached hydrogens (tertiary/aromatic N) is 5. The van der Waals surface area contributed by atoms with Crippen LogP contribution in [-0.2, 0) is 29.2 Å². The minimum absolute atomic E-state index is 0.0387. The Labute approximate surface area is 189 Å². The Balaban J connectivity index is 1.76. The largest absolute Gasteiger partial charge is 0.508 e. The topological polar surface area (TPSA) is 104 Å². The summed E-state index contributed by atoms with van der Waals surface area (Å²) >= 11 is 0. The summed E-state index contributed by atoms with van der Waals surface area (Å²) in [6.07, 6.45) is 2.65. The fourth-order valence-corrected chi connectivity index (χ4v) is 4.03. The fourth-order valence-electron chi connectivity index (χ4n) is 4.03. The van der Waals surface area contributed by atoms with Crippen LogP contribution in [0, 0.1) is 5.92 Å². The molecule has 0 radical (unpaired) electrons. The predicted octanol–water partition coefficient (Wildman–Crippen LogP) is 1.64. The molecule has 1 amide bonds. The van der Waals surface area contributed by atoms with Crippen LogP contribution in [0.5, 0.6) is 5.75 Å². The van der Waals surface area contributed by atoms with Gasteiger partial charge in [-0.15, -0.1) is 5.10 Å². The van der Waals surface area contributed by atoms with Crippen LogP contribution >= 0.6 is 0 Å². The molecule has 0 saturated carbocycles. The molecule has 32 heavy (non-hydrogen) atoms. The van der Waals surface area contributed by atoms with Crippen LogP contribution in [0.2, 0.25) is 0 Å². The molecule has 9 nitrogen and oxygen atoms in total. The summed E-state index contributed by atoms with van der Waals surface area (Å²) < 4.78 is 8.16. The Morgan fingerprint density at radius 1 is 1.31 bits per heavy atom. The number of carbonyl (C=O) groups excluding carboxylic acids is 1. The van der Waals surface area contributed by atoms with Gasteiger partial charge in [-0.3, -0.25) is 9.69 Å². The van der Waals surface area contributed by atoms with Gasteiger partial charge < -0.3 is 19.8 Å². The number of fused-ring (bicyclic) bond motifs is 1. The Morgan fingerprint density at radius 3 is 2.78 bits per heavy atom. The highest BCUT2D eigenvalue weighted by molar-refractivity contribution is 5.76. The van der Waals surface area contributed by atoms with Crippen LogP contribution in [0.3, 0.4) is 0 Å². The average molecular weight is 446 g/mol. The van der Waals surface area contributed by atoms with E-state index in [-0.39, 0.29) is 36.3 Å². The van der Waals surface area contributed by atoms with E-state index in [0.717, 1.165) is 11.3 Å². The van der Waals surface area contributed by atoms with Crippen LogP contribution in [0.15, 0.2) is 30.5 Å². The Bertz CT molecular complexity index is 856. The second kappa shape index (κ2) is 11.4. The highest BCUT2D eigenvalue weighted by Crippen LogP contribution is 2.19. The number of ether oxygens (including phenoxy) is 1. The van der Waals surface area contributed by atoms with E-state index in [0.29, 0.717) is 45.6 Å². The summed E-state index contributed by atoms with van der Waals surface area (Å²) in [7, 11) is 2.03. The maximum atomic E-state index is 12.9. The number of phenols is 1. The molecule has 1 aliphatic heterocycles. The van der Waals surface area contributed by atoms with Gasteiger partial charge in [0.25, 0.3) is 0 Å². The number of amides is 1. The number of aliphatic hydroxyl groups excluding tert-OH is 1. The molecular formula is C23H35N5O4. The molecule has 0 fully saturated rings. The molecule has 3 rings (SSSR count). The Kier molecular flexibility index (Phi) is 8.60. The van der Waals surface area contributed by atoms with Crippen molar-refractivity contribution < 1.29 is 19.7 Å². The van der Waals surface area contributed by atoms with E-state index < -0.39 is 0 Å². The molecule has 2 N–H and O–H groups in total. The van der Waals surface area contributed by atoms with E-state index in [4.69, 9.17) is 4.74 Å². The number of aliphatic hydroxyl groups is 1. The molecule has 176 valence electrons. The van der Waals surface area contributed by atoms with Crippen LogP contribution in [0.25, 0.3) is 0 Å². The zero-order valence-electron chi connectivity index (χ0n) is 19.2. The summed E-state index contributed by atoms with van der Waals surface area (Å²) in [5.74, 6) is 0.344. The number of carbonyl (C=O) groups is 1. The van der Waals surface area contributed by atoms with Crippen molar-refractivity contribution in [2.75, 3.05) is 26.7 Å². The number of likely N-dealkylation sites (N-methyl/N-ethyl adjacent to an activating group) is 1. The van der Waals surface area contributed by atoms with Gasteiger partial charge in [-0.05, 0) is 38.1 Å². The monoisotopic (exact) mass is 445 g/mol. The molecule has 1 aromatic carbocycles. The van der Waals surface area contributed by atoms with Crippen molar-refractivity contribution in [3.63, 3.8) is 0 Å². The van der Waals surface area contributed by atoms with E-state index in [2.05, 4.69) is 22.1 Å². The summed E-state index contributed by atoms with van der Waals surface area (Å²) in [5, 5.41) is 27.4. The third kappa shape index (κ3) is 6.51. The first-order valence-corrected chi connectivity index (χ1v) is 11.2. The van der Waals surface area contributed by atoms with Crippen molar-refractivity contribution in [3.8, 4) is 5.75 Å². The normalized spacial score (nSPS) is 21.7. The van der Waals surface area contributed by atoms with Gasteiger partial charge in [-0.25, -0.2) is 4.68 Å².